The third kappa shape index (κ3) is 2.54. The first-order valence-electron chi connectivity index (χ1n) is 7.06. The van der Waals surface area contributed by atoms with E-state index in [1.54, 1.807) is 4.57 Å². The van der Waals surface area contributed by atoms with E-state index in [0.717, 1.165) is 11.5 Å². The predicted molar refractivity (Wildman–Crippen MR) is 85.5 cm³/mol. The Morgan fingerprint density at radius 1 is 1.36 bits per heavy atom. The van der Waals surface area contributed by atoms with Crippen molar-refractivity contribution in [3.05, 3.63) is 12.7 Å². The highest BCUT2D eigenvalue weighted by atomic mass is 32.2. The minimum Gasteiger partial charge on any atom is -0.387 e. The summed E-state index contributed by atoms with van der Waals surface area (Å²) >= 11 is 0. The number of rotatable bonds is 4. The van der Waals surface area contributed by atoms with E-state index >= 15 is 0 Å². The van der Waals surface area contributed by atoms with Crippen LogP contribution in [0.2, 0.25) is 0 Å². The van der Waals surface area contributed by atoms with Gasteiger partial charge in [0.05, 0.1) is 12.6 Å². The summed E-state index contributed by atoms with van der Waals surface area (Å²) in [5, 5.41) is 20.6. The van der Waals surface area contributed by atoms with Crippen LogP contribution in [0.3, 0.4) is 0 Å². The summed E-state index contributed by atoms with van der Waals surface area (Å²) in [6, 6.07) is 0. The molecule has 5 atom stereocenters. The largest absolute Gasteiger partial charge is 1.00 e. The monoisotopic (exact) mass is 327 g/mol. The van der Waals surface area contributed by atoms with Crippen molar-refractivity contribution in [1.29, 1.82) is 0 Å². The highest BCUT2D eigenvalue weighted by Gasteiger charge is 2.46. The summed E-state index contributed by atoms with van der Waals surface area (Å²) in [5.74, 6) is 2.01. The number of aromatic nitrogens is 4. The lowest BCUT2D eigenvalue weighted by Gasteiger charge is -2.16. The van der Waals surface area contributed by atoms with Crippen LogP contribution in [-0.4, -0.2) is 65.8 Å². The zero-order chi connectivity index (χ0) is 15.9. The van der Waals surface area contributed by atoms with Crippen LogP contribution in [0.15, 0.2) is 12.7 Å². The number of nitrogen functional groups attached to an aromatic ring is 1. The number of ether oxygens (including phenoxy) is 1. The smallest absolute Gasteiger partial charge is 0.387 e. The van der Waals surface area contributed by atoms with Gasteiger partial charge in [-0.1, -0.05) is 0 Å². The van der Waals surface area contributed by atoms with Gasteiger partial charge in [0.15, 0.2) is 17.7 Å². The molecule has 0 bridgehead atoms. The Kier molecular flexibility index (Phi) is 4.22. The summed E-state index contributed by atoms with van der Waals surface area (Å²) in [6.07, 6.45) is 1.88. The number of hydrogen-bond donors (Lipinski definition) is 3. The molecule has 1 fully saturated rings. The lowest BCUT2D eigenvalue weighted by Crippen LogP contribution is -2.35. The molecule has 9 heteroatoms. The molecular weight excluding hydrogens is 306 g/mol. The molecule has 22 heavy (non-hydrogen) atoms. The molecule has 1 aliphatic heterocycles. The van der Waals surface area contributed by atoms with E-state index < -0.39 is 24.5 Å². The first-order chi connectivity index (χ1) is 10.5. The van der Waals surface area contributed by atoms with Crippen molar-refractivity contribution in [2.24, 2.45) is 0 Å². The normalized spacial score (nSPS) is 30.0. The van der Waals surface area contributed by atoms with Crippen molar-refractivity contribution in [3.63, 3.8) is 0 Å². The second-order valence-corrected chi connectivity index (χ2v) is 7.84. The van der Waals surface area contributed by atoms with E-state index in [4.69, 9.17) is 10.5 Å². The molecule has 1 saturated heterocycles. The van der Waals surface area contributed by atoms with Gasteiger partial charge in [0.25, 0.3) is 0 Å². The number of aliphatic hydroxyl groups is 2. The minimum atomic E-state index is -1.03. The van der Waals surface area contributed by atoms with Gasteiger partial charge in [-0.05, 0) is 17.8 Å². The zero-order valence-electron chi connectivity index (χ0n) is 13.5. The molecule has 1 aliphatic rings. The average molecular weight is 327 g/mol. The van der Waals surface area contributed by atoms with Gasteiger partial charge in [0.1, 0.15) is 41.7 Å². The van der Waals surface area contributed by atoms with Crippen LogP contribution in [0, 0.1) is 0 Å². The Morgan fingerprint density at radius 2 is 2.14 bits per heavy atom. The Balaban J connectivity index is 0.00000192. The van der Waals surface area contributed by atoms with Crippen LogP contribution in [0.1, 0.15) is 14.6 Å². The van der Waals surface area contributed by atoms with Crippen LogP contribution in [-0.2, 0) is 15.6 Å². The predicted octanol–water partition coefficient (Wildman–Crippen LogP) is -0.592. The molecule has 3 heterocycles. The fourth-order valence-corrected chi connectivity index (χ4v) is 3.62. The average Bonchev–Trinajstić information content (AvgIpc) is 3.05. The fraction of sp³-hybridized carbons (Fsp3) is 0.615. The second-order valence-electron chi connectivity index (χ2n) is 5.37. The Hall–Kier alpha value is -1.42. The third-order valence-corrected chi connectivity index (χ3v) is 5.82. The molecular formula is C13H21N5O3S+2. The first-order valence-corrected chi connectivity index (χ1v) is 9.03. The standard InChI is InChI=1S/C13H20N5O3S/c1-3-22(2)4-7-9(19)10(20)13(21-7)18-6-17-8-11(14)15-5-16-12(8)18/h5-7,9-10,13,19-20H,3-4H2,1-2H3,(H2,14,15,16)/q+1/p+1/t7-,9-,10-,13-,22?/m1/s1. The maximum atomic E-state index is 10.3. The SMILES string of the molecule is CC[S+](C)C[C@H]1O[C@@H](n2cnc3c(N)ncnc32)[C@H](O)[C@@H]1O.[H+]. The molecule has 2 aromatic rings. The molecule has 0 aliphatic carbocycles. The van der Waals surface area contributed by atoms with Crippen molar-refractivity contribution in [1.82, 2.24) is 19.5 Å². The number of nitrogens with two attached hydrogens (primary N) is 1. The van der Waals surface area contributed by atoms with Crippen LogP contribution in [0.4, 0.5) is 5.82 Å². The Labute approximate surface area is 132 Å². The molecule has 8 nitrogen and oxygen atoms in total. The Bertz CT molecular complexity index is 672. The van der Waals surface area contributed by atoms with E-state index in [1.807, 2.05) is 0 Å². The molecule has 0 amide bonds. The molecule has 0 aromatic carbocycles. The van der Waals surface area contributed by atoms with E-state index in [-0.39, 0.29) is 18.1 Å². The zero-order valence-corrected chi connectivity index (χ0v) is 13.3. The van der Waals surface area contributed by atoms with Gasteiger partial charge in [-0.2, -0.15) is 0 Å². The highest BCUT2D eigenvalue weighted by molar-refractivity contribution is 7.96. The maximum absolute atomic E-state index is 10.3. The quantitative estimate of drug-likeness (QED) is 0.642. The van der Waals surface area contributed by atoms with E-state index in [2.05, 4.69) is 28.1 Å². The van der Waals surface area contributed by atoms with Crippen LogP contribution >= 0.6 is 0 Å². The number of nitrogens with zero attached hydrogens (tertiary/aromatic N) is 4. The number of imidazole rings is 1. The van der Waals surface area contributed by atoms with Crippen LogP contribution < -0.4 is 5.73 Å². The molecule has 2 aromatic heterocycles. The molecule has 0 spiro atoms. The summed E-state index contributed by atoms with van der Waals surface area (Å²) in [4.78, 5) is 12.2. The van der Waals surface area contributed by atoms with Gasteiger partial charge in [-0.25, -0.2) is 15.0 Å². The number of anilines is 1. The number of fused-ring (bicyclic) bond motifs is 1. The van der Waals surface area contributed by atoms with Gasteiger partial charge in [0.2, 0.25) is 0 Å². The lowest BCUT2D eigenvalue weighted by molar-refractivity contribution is -0.0290. The number of aliphatic hydroxyl groups excluding tert-OH is 2. The molecule has 120 valence electrons. The molecule has 4 N–H and O–H groups in total. The van der Waals surface area contributed by atoms with Gasteiger partial charge in [-0.15, -0.1) is 0 Å². The second kappa shape index (κ2) is 5.99. The summed E-state index contributed by atoms with van der Waals surface area (Å²) in [7, 11) is 0.138. The van der Waals surface area contributed by atoms with Crippen molar-refractivity contribution in [3.8, 4) is 0 Å². The van der Waals surface area contributed by atoms with Crippen molar-refractivity contribution < 1.29 is 16.4 Å². The topological polar surface area (TPSA) is 119 Å². The van der Waals surface area contributed by atoms with E-state index in [9.17, 15) is 10.2 Å². The third-order valence-electron chi connectivity index (χ3n) is 3.94. The van der Waals surface area contributed by atoms with Gasteiger partial charge in [-0.3, -0.25) is 4.57 Å². The van der Waals surface area contributed by atoms with Crippen LogP contribution in [0.25, 0.3) is 11.2 Å². The number of hydrogen-bond acceptors (Lipinski definition) is 7. The Morgan fingerprint density at radius 3 is 2.86 bits per heavy atom. The van der Waals surface area contributed by atoms with Gasteiger partial charge in [0, 0.05) is 0 Å². The van der Waals surface area contributed by atoms with Crippen LogP contribution in [0.5, 0.6) is 0 Å². The summed E-state index contributed by atoms with van der Waals surface area (Å²) in [5.41, 5.74) is 6.70. The lowest BCUT2D eigenvalue weighted by atomic mass is 10.1. The summed E-state index contributed by atoms with van der Waals surface area (Å²) in [6.45, 7) is 2.10. The maximum Gasteiger partial charge on any atom is 1.00 e. The molecule has 1 unspecified atom stereocenters. The van der Waals surface area contributed by atoms with Crippen molar-refractivity contribution in [2.45, 2.75) is 31.5 Å². The molecule has 0 radical (unpaired) electrons. The first kappa shape index (κ1) is 15.5. The molecule has 3 rings (SSSR count). The van der Waals surface area contributed by atoms with E-state index in [0.29, 0.717) is 11.2 Å². The fourth-order valence-electron chi connectivity index (χ4n) is 2.55. The van der Waals surface area contributed by atoms with Crippen molar-refractivity contribution in [2.75, 3.05) is 23.5 Å². The highest BCUT2D eigenvalue weighted by Crippen LogP contribution is 2.32. The van der Waals surface area contributed by atoms with Gasteiger partial charge >= 0.3 is 1.43 Å². The molecule has 0 saturated carbocycles. The van der Waals surface area contributed by atoms with E-state index in [1.165, 1.54) is 12.7 Å². The minimum absolute atomic E-state index is 0. The van der Waals surface area contributed by atoms with Gasteiger partial charge < -0.3 is 20.7 Å². The van der Waals surface area contributed by atoms with Crippen molar-refractivity contribution >= 4 is 27.9 Å². The summed E-state index contributed by atoms with van der Waals surface area (Å²) < 4.78 is 7.48.